The summed E-state index contributed by atoms with van der Waals surface area (Å²) in [7, 11) is 1.62. The van der Waals surface area contributed by atoms with Crippen molar-refractivity contribution in [2.24, 2.45) is 0 Å². The van der Waals surface area contributed by atoms with Crippen molar-refractivity contribution in [1.29, 1.82) is 0 Å². The van der Waals surface area contributed by atoms with Crippen molar-refractivity contribution in [3.63, 3.8) is 0 Å². The van der Waals surface area contributed by atoms with E-state index in [1.165, 1.54) is 0 Å². The lowest BCUT2D eigenvalue weighted by Crippen LogP contribution is -2.16. The second kappa shape index (κ2) is 7.33. The highest BCUT2D eigenvalue weighted by molar-refractivity contribution is 5.76. The number of anilines is 1. The molecule has 21 heavy (non-hydrogen) atoms. The summed E-state index contributed by atoms with van der Waals surface area (Å²) >= 11 is 0. The summed E-state index contributed by atoms with van der Waals surface area (Å²) in [5.41, 5.74) is 1.79. The first-order valence-electron chi connectivity index (χ1n) is 6.86. The number of hydrogen-bond acceptors (Lipinski definition) is 3. The first kappa shape index (κ1) is 14.9. The van der Waals surface area contributed by atoms with E-state index in [4.69, 9.17) is 4.74 Å². The van der Waals surface area contributed by atoms with Gasteiger partial charge in [0.2, 0.25) is 0 Å². The molecular formula is C17H19NO3. The Balaban J connectivity index is 1.92. The summed E-state index contributed by atoms with van der Waals surface area (Å²) in [5, 5.41) is 12.6. The number of rotatable bonds is 7. The Morgan fingerprint density at radius 3 is 2.38 bits per heavy atom. The van der Waals surface area contributed by atoms with Crippen LogP contribution >= 0.6 is 0 Å². The Morgan fingerprint density at radius 1 is 1.14 bits per heavy atom. The molecule has 1 atom stereocenters. The Morgan fingerprint density at radius 2 is 1.81 bits per heavy atom. The summed E-state index contributed by atoms with van der Waals surface area (Å²) in [4.78, 5) is 11.4. The molecule has 0 unspecified atom stereocenters. The predicted molar refractivity (Wildman–Crippen MR) is 82.9 cm³/mol. The van der Waals surface area contributed by atoms with E-state index in [1.807, 2.05) is 54.6 Å². The zero-order valence-electron chi connectivity index (χ0n) is 12.0. The first-order valence-corrected chi connectivity index (χ1v) is 6.86. The second-order valence-corrected chi connectivity index (χ2v) is 4.75. The van der Waals surface area contributed by atoms with Crippen molar-refractivity contribution < 1.29 is 14.6 Å². The molecule has 2 aromatic rings. The second-order valence-electron chi connectivity index (χ2n) is 4.75. The van der Waals surface area contributed by atoms with E-state index in [-0.39, 0.29) is 0 Å². The van der Waals surface area contributed by atoms with Gasteiger partial charge in [-0.25, -0.2) is 0 Å². The molecule has 0 aliphatic rings. The maximum absolute atomic E-state index is 11.4. The maximum atomic E-state index is 11.4. The maximum Gasteiger partial charge on any atom is 0.311 e. The van der Waals surface area contributed by atoms with E-state index in [0.29, 0.717) is 13.0 Å². The average Bonchev–Trinajstić information content (AvgIpc) is 2.52. The van der Waals surface area contributed by atoms with E-state index < -0.39 is 11.9 Å². The number of carboxylic acid groups (broad SMARTS) is 1. The van der Waals surface area contributed by atoms with Gasteiger partial charge in [0, 0.05) is 12.2 Å². The highest BCUT2D eigenvalue weighted by Crippen LogP contribution is 2.20. The Bertz CT molecular complexity index is 566. The quantitative estimate of drug-likeness (QED) is 0.819. The molecule has 0 fully saturated rings. The molecular weight excluding hydrogens is 266 g/mol. The Labute approximate surface area is 124 Å². The molecule has 0 spiro atoms. The number of carboxylic acids is 1. The summed E-state index contributed by atoms with van der Waals surface area (Å²) in [6, 6.07) is 16.9. The van der Waals surface area contributed by atoms with E-state index >= 15 is 0 Å². The van der Waals surface area contributed by atoms with Gasteiger partial charge in [0.15, 0.2) is 0 Å². The summed E-state index contributed by atoms with van der Waals surface area (Å²) in [5.74, 6) is -0.483. The highest BCUT2D eigenvalue weighted by Gasteiger charge is 2.18. The molecule has 0 aliphatic carbocycles. The minimum Gasteiger partial charge on any atom is -0.497 e. The van der Waals surface area contributed by atoms with Gasteiger partial charge < -0.3 is 15.2 Å². The number of methoxy groups -OCH3 is 1. The molecule has 0 radical (unpaired) electrons. The van der Waals surface area contributed by atoms with Crippen LogP contribution in [-0.4, -0.2) is 24.7 Å². The molecule has 0 aliphatic heterocycles. The summed E-state index contributed by atoms with van der Waals surface area (Å²) < 4.78 is 5.10. The molecule has 0 amide bonds. The van der Waals surface area contributed by atoms with Gasteiger partial charge in [-0.3, -0.25) is 4.79 Å². The van der Waals surface area contributed by atoms with E-state index in [9.17, 15) is 9.90 Å². The van der Waals surface area contributed by atoms with Crippen LogP contribution in [0.15, 0.2) is 54.6 Å². The van der Waals surface area contributed by atoms with Crippen molar-refractivity contribution in [2.45, 2.75) is 12.3 Å². The van der Waals surface area contributed by atoms with Gasteiger partial charge in [-0.1, -0.05) is 30.3 Å². The molecule has 4 heteroatoms. The van der Waals surface area contributed by atoms with Gasteiger partial charge in [-0.05, 0) is 36.2 Å². The molecule has 0 aromatic heterocycles. The van der Waals surface area contributed by atoms with Gasteiger partial charge in [0.25, 0.3) is 0 Å². The third kappa shape index (κ3) is 4.24. The van der Waals surface area contributed by atoms with Crippen molar-refractivity contribution in [3.05, 3.63) is 60.2 Å². The minimum absolute atomic E-state index is 0.489. The van der Waals surface area contributed by atoms with Crippen LogP contribution in [0.5, 0.6) is 5.75 Å². The van der Waals surface area contributed by atoms with Crippen LogP contribution in [0.4, 0.5) is 5.69 Å². The highest BCUT2D eigenvalue weighted by atomic mass is 16.5. The van der Waals surface area contributed by atoms with E-state index in [1.54, 1.807) is 7.11 Å². The number of aliphatic carboxylic acids is 1. The van der Waals surface area contributed by atoms with Crippen LogP contribution in [0.25, 0.3) is 0 Å². The van der Waals surface area contributed by atoms with Gasteiger partial charge in [-0.2, -0.15) is 0 Å². The lowest BCUT2D eigenvalue weighted by Gasteiger charge is -2.14. The number of hydrogen-bond donors (Lipinski definition) is 2. The number of benzene rings is 2. The zero-order chi connectivity index (χ0) is 15.1. The normalized spacial score (nSPS) is 11.7. The van der Waals surface area contributed by atoms with Crippen LogP contribution in [0, 0.1) is 0 Å². The molecule has 2 aromatic carbocycles. The fraction of sp³-hybridized carbons (Fsp3) is 0.235. The molecule has 0 saturated heterocycles. The van der Waals surface area contributed by atoms with Crippen LogP contribution in [0.2, 0.25) is 0 Å². The van der Waals surface area contributed by atoms with Crippen molar-refractivity contribution in [1.82, 2.24) is 0 Å². The molecule has 0 saturated carbocycles. The van der Waals surface area contributed by atoms with Gasteiger partial charge in [0.1, 0.15) is 5.75 Å². The Kier molecular flexibility index (Phi) is 5.21. The minimum atomic E-state index is -0.794. The molecule has 0 bridgehead atoms. The number of carbonyl (C=O) groups is 1. The van der Waals surface area contributed by atoms with E-state index in [0.717, 1.165) is 17.0 Å². The van der Waals surface area contributed by atoms with Gasteiger partial charge in [-0.15, -0.1) is 0 Å². The molecule has 4 nitrogen and oxygen atoms in total. The molecule has 110 valence electrons. The van der Waals surface area contributed by atoms with Gasteiger partial charge >= 0.3 is 5.97 Å². The summed E-state index contributed by atoms with van der Waals surface area (Å²) in [6.07, 6.45) is 0.533. The first-order chi connectivity index (χ1) is 10.2. The lowest BCUT2D eigenvalue weighted by molar-refractivity contribution is -0.138. The SMILES string of the molecule is COc1ccc(NCC[C@H](C(=O)O)c2ccccc2)cc1. The number of ether oxygens (including phenoxy) is 1. The fourth-order valence-corrected chi connectivity index (χ4v) is 2.19. The monoisotopic (exact) mass is 285 g/mol. The van der Waals surface area contributed by atoms with Crippen LogP contribution < -0.4 is 10.1 Å². The van der Waals surface area contributed by atoms with Crippen LogP contribution in [0.1, 0.15) is 17.9 Å². The molecule has 2 N–H and O–H groups in total. The average molecular weight is 285 g/mol. The lowest BCUT2D eigenvalue weighted by atomic mass is 9.96. The largest absolute Gasteiger partial charge is 0.497 e. The smallest absolute Gasteiger partial charge is 0.311 e. The predicted octanol–water partition coefficient (Wildman–Crippen LogP) is 3.37. The summed E-state index contributed by atoms with van der Waals surface area (Å²) in [6.45, 7) is 0.595. The Hall–Kier alpha value is -2.49. The zero-order valence-corrected chi connectivity index (χ0v) is 12.0. The van der Waals surface area contributed by atoms with E-state index in [2.05, 4.69) is 5.32 Å². The standard InChI is InChI=1S/C17H19NO3/c1-21-15-9-7-14(8-10-15)18-12-11-16(17(19)20)13-5-3-2-4-6-13/h2-10,16,18H,11-12H2,1H3,(H,19,20)/t16-/m0/s1. The van der Waals surface area contributed by atoms with Crippen molar-refractivity contribution in [2.75, 3.05) is 19.0 Å². The molecule has 2 rings (SSSR count). The number of nitrogens with one attached hydrogen (secondary N) is 1. The fourth-order valence-electron chi connectivity index (χ4n) is 2.19. The van der Waals surface area contributed by atoms with Gasteiger partial charge in [0.05, 0.1) is 13.0 Å². The van der Waals surface area contributed by atoms with Crippen molar-refractivity contribution in [3.8, 4) is 5.75 Å². The van der Waals surface area contributed by atoms with Crippen molar-refractivity contribution >= 4 is 11.7 Å². The topological polar surface area (TPSA) is 58.6 Å². The third-order valence-corrected chi connectivity index (χ3v) is 3.35. The van der Waals surface area contributed by atoms with Crippen LogP contribution in [-0.2, 0) is 4.79 Å². The molecule has 0 heterocycles. The van der Waals surface area contributed by atoms with Crippen LogP contribution in [0.3, 0.4) is 0 Å². The third-order valence-electron chi connectivity index (χ3n) is 3.35.